The zero-order chi connectivity index (χ0) is 23.4. The van der Waals surface area contributed by atoms with Gasteiger partial charge in [0.1, 0.15) is 5.75 Å². The van der Waals surface area contributed by atoms with Gasteiger partial charge in [-0.25, -0.2) is 4.98 Å². The molecule has 1 aromatic heterocycles. The smallest absolute Gasteiger partial charge is 0.255 e. The SMILES string of the molecule is COc1cccc(C(=O)Nc2ccc(-c3nc(Nc4ccc(Cl)cc4)[nH]c(=O)c3C)cc2)c1. The summed E-state index contributed by atoms with van der Waals surface area (Å²) in [6.45, 7) is 1.71. The number of carbonyl (C=O) groups is 1. The maximum atomic E-state index is 12.5. The number of halogens is 1. The Hall–Kier alpha value is -4.10. The molecule has 1 amide bonds. The Balaban J connectivity index is 1.55. The van der Waals surface area contributed by atoms with E-state index >= 15 is 0 Å². The van der Waals surface area contributed by atoms with Crippen molar-refractivity contribution in [3.05, 3.63) is 99.3 Å². The van der Waals surface area contributed by atoms with E-state index in [0.717, 1.165) is 11.3 Å². The summed E-state index contributed by atoms with van der Waals surface area (Å²) in [5.41, 5.74) is 3.39. The number of H-pyrrole nitrogens is 1. The monoisotopic (exact) mass is 460 g/mol. The molecule has 0 saturated heterocycles. The van der Waals surface area contributed by atoms with Gasteiger partial charge in [-0.05, 0) is 61.5 Å². The first-order valence-corrected chi connectivity index (χ1v) is 10.5. The minimum atomic E-state index is -0.249. The fourth-order valence-corrected chi connectivity index (χ4v) is 3.35. The molecule has 0 spiro atoms. The molecule has 0 aliphatic heterocycles. The number of anilines is 3. The third kappa shape index (κ3) is 5.22. The molecular weight excluding hydrogens is 440 g/mol. The number of rotatable bonds is 6. The first kappa shape index (κ1) is 22.1. The van der Waals surface area contributed by atoms with E-state index in [1.54, 1.807) is 74.7 Å². The van der Waals surface area contributed by atoms with Gasteiger partial charge < -0.3 is 15.4 Å². The van der Waals surface area contributed by atoms with Crippen LogP contribution in [0.15, 0.2) is 77.6 Å². The number of ether oxygens (including phenoxy) is 1. The molecule has 3 N–H and O–H groups in total. The van der Waals surface area contributed by atoms with Crippen molar-refractivity contribution < 1.29 is 9.53 Å². The van der Waals surface area contributed by atoms with Crippen LogP contribution in [0.4, 0.5) is 17.3 Å². The van der Waals surface area contributed by atoms with Crippen molar-refractivity contribution in [3.63, 3.8) is 0 Å². The average molecular weight is 461 g/mol. The normalized spacial score (nSPS) is 10.5. The molecule has 0 aliphatic carbocycles. The third-order valence-corrected chi connectivity index (χ3v) is 5.26. The van der Waals surface area contributed by atoms with Gasteiger partial charge in [-0.3, -0.25) is 14.6 Å². The lowest BCUT2D eigenvalue weighted by atomic mass is 10.1. The summed E-state index contributed by atoms with van der Waals surface area (Å²) >= 11 is 5.93. The van der Waals surface area contributed by atoms with Crippen molar-refractivity contribution in [3.8, 4) is 17.0 Å². The number of carbonyl (C=O) groups excluding carboxylic acids is 1. The number of methoxy groups -OCH3 is 1. The highest BCUT2D eigenvalue weighted by Gasteiger charge is 2.12. The van der Waals surface area contributed by atoms with E-state index in [4.69, 9.17) is 16.3 Å². The van der Waals surface area contributed by atoms with Gasteiger partial charge in [0.2, 0.25) is 5.95 Å². The van der Waals surface area contributed by atoms with Crippen molar-refractivity contribution >= 4 is 34.8 Å². The molecule has 7 nitrogen and oxygen atoms in total. The van der Waals surface area contributed by atoms with E-state index in [0.29, 0.717) is 39.2 Å². The van der Waals surface area contributed by atoms with Crippen LogP contribution in [0.1, 0.15) is 15.9 Å². The number of amides is 1. The van der Waals surface area contributed by atoms with Crippen LogP contribution in [0, 0.1) is 6.92 Å². The van der Waals surface area contributed by atoms with Crippen LogP contribution in [-0.4, -0.2) is 23.0 Å². The van der Waals surface area contributed by atoms with Crippen LogP contribution in [0.2, 0.25) is 5.02 Å². The molecule has 3 aromatic carbocycles. The molecule has 0 atom stereocenters. The molecule has 0 fully saturated rings. The van der Waals surface area contributed by atoms with Crippen LogP contribution in [0.3, 0.4) is 0 Å². The minimum Gasteiger partial charge on any atom is -0.497 e. The summed E-state index contributed by atoms with van der Waals surface area (Å²) in [6.07, 6.45) is 0. The topological polar surface area (TPSA) is 96.1 Å². The van der Waals surface area contributed by atoms with Gasteiger partial charge in [0.15, 0.2) is 0 Å². The second kappa shape index (κ2) is 9.58. The molecule has 8 heteroatoms. The molecule has 0 saturated carbocycles. The highest BCUT2D eigenvalue weighted by molar-refractivity contribution is 6.30. The number of aromatic amines is 1. The van der Waals surface area contributed by atoms with Crippen molar-refractivity contribution in [2.24, 2.45) is 0 Å². The summed E-state index contributed by atoms with van der Waals surface area (Å²) in [4.78, 5) is 32.3. The summed E-state index contributed by atoms with van der Waals surface area (Å²) in [5, 5.41) is 6.55. The summed E-state index contributed by atoms with van der Waals surface area (Å²) in [7, 11) is 1.55. The first-order valence-electron chi connectivity index (χ1n) is 10.1. The Labute approximate surface area is 195 Å². The molecule has 0 radical (unpaired) electrons. The lowest BCUT2D eigenvalue weighted by Gasteiger charge is -2.11. The lowest BCUT2D eigenvalue weighted by Crippen LogP contribution is -2.15. The number of hydrogen-bond donors (Lipinski definition) is 3. The number of aromatic nitrogens is 2. The van der Waals surface area contributed by atoms with Crippen LogP contribution in [0.25, 0.3) is 11.3 Å². The second-order valence-electron chi connectivity index (χ2n) is 7.28. The molecule has 33 heavy (non-hydrogen) atoms. The maximum Gasteiger partial charge on any atom is 0.255 e. The molecule has 166 valence electrons. The molecule has 4 rings (SSSR count). The lowest BCUT2D eigenvalue weighted by molar-refractivity contribution is 0.102. The summed E-state index contributed by atoms with van der Waals surface area (Å²) in [6, 6.07) is 21.1. The van der Waals surface area contributed by atoms with E-state index < -0.39 is 0 Å². The van der Waals surface area contributed by atoms with Gasteiger partial charge in [-0.15, -0.1) is 0 Å². The highest BCUT2D eigenvalue weighted by atomic mass is 35.5. The predicted molar refractivity (Wildman–Crippen MR) is 131 cm³/mol. The van der Waals surface area contributed by atoms with Gasteiger partial charge in [0.05, 0.1) is 12.8 Å². The Morgan fingerprint density at radius 2 is 1.70 bits per heavy atom. The second-order valence-corrected chi connectivity index (χ2v) is 7.72. The predicted octanol–water partition coefficient (Wildman–Crippen LogP) is 5.40. The molecule has 0 bridgehead atoms. The Morgan fingerprint density at radius 1 is 1.00 bits per heavy atom. The number of nitrogens with one attached hydrogen (secondary N) is 3. The van der Waals surface area contributed by atoms with Gasteiger partial charge in [-0.2, -0.15) is 0 Å². The Kier molecular flexibility index (Phi) is 6.42. The molecule has 4 aromatic rings. The van der Waals surface area contributed by atoms with E-state index in [2.05, 4.69) is 20.6 Å². The van der Waals surface area contributed by atoms with E-state index in [-0.39, 0.29) is 11.5 Å². The minimum absolute atomic E-state index is 0.244. The van der Waals surface area contributed by atoms with Crippen LogP contribution < -0.4 is 20.9 Å². The Morgan fingerprint density at radius 3 is 2.39 bits per heavy atom. The zero-order valence-electron chi connectivity index (χ0n) is 18.0. The van der Waals surface area contributed by atoms with E-state index in [1.807, 2.05) is 12.1 Å². The van der Waals surface area contributed by atoms with Crippen molar-refractivity contribution in [1.82, 2.24) is 9.97 Å². The quantitative estimate of drug-likeness (QED) is 0.358. The number of benzene rings is 3. The third-order valence-electron chi connectivity index (χ3n) is 5.01. The standard InChI is InChI=1S/C25H21ClN4O3/c1-15-22(29-25(30-23(15)31)28-20-12-8-18(26)9-13-20)16-6-10-19(11-7-16)27-24(32)17-4-3-5-21(14-17)33-2/h3-14H,1-2H3,(H,27,32)(H2,28,29,30,31). The molecule has 1 heterocycles. The van der Waals surface area contributed by atoms with Gasteiger partial charge >= 0.3 is 0 Å². The summed E-state index contributed by atoms with van der Waals surface area (Å²) in [5.74, 6) is 0.678. The molecule has 0 unspecified atom stereocenters. The largest absolute Gasteiger partial charge is 0.497 e. The number of hydrogen-bond acceptors (Lipinski definition) is 5. The van der Waals surface area contributed by atoms with E-state index in [1.165, 1.54) is 0 Å². The van der Waals surface area contributed by atoms with Gasteiger partial charge in [0.25, 0.3) is 11.5 Å². The maximum absolute atomic E-state index is 12.5. The van der Waals surface area contributed by atoms with Gasteiger partial charge in [-0.1, -0.05) is 29.8 Å². The fourth-order valence-electron chi connectivity index (χ4n) is 3.22. The number of nitrogens with zero attached hydrogens (tertiary/aromatic N) is 1. The summed E-state index contributed by atoms with van der Waals surface area (Å²) < 4.78 is 5.17. The van der Waals surface area contributed by atoms with Crippen LogP contribution in [0.5, 0.6) is 5.75 Å². The average Bonchev–Trinajstić information content (AvgIpc) is 2.83. The van der Waals surface area contributed by atoms with Crippen LogP contribution in [-0.2, 0) is 0 Å². The van der Waals surface area contributed by atoms with Crippen molar-refractivity contribution in [2.75, 3.05) is 17.7 Å². The van der Waals surface area contributed by atoms with Crippen molar-refractivity contribution in [1.29, 1.82) is 0 Å². The van der Waals surface area contributed by atoms with E-state index in [9.17, 15) is 9.59 Å². The first-order chi connectivity index (χ1) is 15.9. The Bertz CT molecular complexity index is 1350. The zero-order valence-corrected chi connectivity index (χ0v) is 18.7. The van der Waals surface area contributed by atoms with Gasteiger partial charge in [0, 0.05) is 33.1 Å². The fraction of sp³-hybridized carbons (Fsp3) is 0.0800. The van der Waals surface area contributed by atoms with Crippen LogP contribution >= 0.6 is 11.6 Å². The van der Waals surface area contributed by atoms with Crippen molar-refractivity contribution in [2.45, 2.75) is 6.92 Å². The molecular formula is C25H21ClN4O3. The molecule has 0 aliphatic rings. The highest BCUT2D eigenvalue weighted by Crippen LogP contribution is 2.24.